The summed E-state index contributed by atoms with van der Waals surface area (Å²) in [6, 6.07) is 13.2. The fourth-order valence-corrected chi connectivity index (χ4v) is 7.83. The van der Waals surface area contributed by atoms with Crippen LogP contribution in [0.5, 0.6) is 5.75 Å². The standard InChI is InChI=1S/C31H37N3O4/c1-3-38-30(36)25(14-20-6-4-7-24(13-20)37-2)26-18-34-27(8-5-9-28(34)33-26)29(35)32-19-31-15-21-10-22(16-31)12-23(11-21)17-31/h4-9,13,18,21-23,25H,3,10-12,14-17,19H2,1-2H3,(H,32,35). The van der Waals surface area contributed by atoms with E-state index in [2.05, 4.69) is 5.32 Å². The number of pyridine rings is 1. The molecule has 1 atom stereocenters. The van der Waals surface area contributed by atoms with Gasteiger partial charge in [-0.2, -0.15) is 0 Å². The van der Waals surface area contributed by atoms with E-state index in [-0.39, 0.29) is 17.3 Å². The Labute approximate surface area is 223 Å². The van der Waals surface area contributed by atoms with Crippen molar-refractivity contribution in [3.8, 4) is 5.75 Å². The van der Waals surface area contributed by atoms with E-state index in [1.165, 1.54) is 38.5 Å². The van der Waals surface area contributed by atoms with Crippen LogP contribution in [0.1, 0.15) is 73.1 Å². The Balaban J connectivity index is 1.24. The molecule has 1 aromatic carbocycles. The van der Waals surface area contributed by atoms with Gasteiger partial charge in [-0.05, 0) is 105 Å². The second-order valence-corrected chi connectivity index (χ2v) is 11.8. The highest BCUT2D eigenvalue weighted by atomic mass is 16.5. The fraction of sp³-hybridized carbons (Fsp3) is 0.516. The number of fused-ring (bicyclic) bond motifs is 1. The number of carbonyl (C=O) groups is 2. The van der Waals surface area contributed by atoms with Gasteiger partial charge >= 0.3 is 5.97 Å². The Hall–Kier alpha value is -3.35. The monoisotopic (exact) mass is 515 g/mol. The van der Waals surface area contributed by atoms with E-state index in [4.69, 9.17) is 14.5 Å². The summed E-state index contributed by atoms with van der Waals surface area (Å²) in [6.45, 7) is 2.84. The van der Waals surface area contributed by atoms with Gasteiger partial charge in [0.25, 0.3) is 5.91 Å². The van der Waals surface area contributed by atoms with Crippen LogP contribution in [0.2, 0.25) is 0 Å². The quantitative estimate of drug-likeness (QED) is 0.397. The number of methoxy groups -OCH3 is 1. The number of hydrogen-bond acceptors (Lipinski definition) is 5. The third-order valence-electron chi connectivity index (χ3n) is 9.03. The number of amides is 1. The molecule has 7 nitrogen and oxygen atoms in total. The Bertz CT molecular complexity index is 1310. The summed E-state index contributed by atoms with van der Waals surface area (Å²) in [5.41, 5.74) is 2.99. The van der Waals surface area contributed by atoms with E-state index < -0.39 is 5.92 Å². The number of esters is 1. The topological polar surface area (TPSA) is 81.9 Å². The maximum absolute atomic E-state index is 13.5. The summed E-state index contributed by atoms with van der Waals surface area (Å²) in [4.78, 5) is 31.3. The van der Waals surface area contributed by atoms with Crippen molar-refractivity contribution < 1.29 is 19.1 Å². The maximum atomic E-state index is 13.5. The number of carbonyl (C=O) groups excluding carboxylic acids is 2. The highest BCUT2D eigenvalue weighted by Gasteiger charge is 2.50. The molecule has 38 heavy (non-hydrogen) atoms. The number of benzene rings is 1. The van der Waals surface area contributed by atoms with Crippen molar-refractivity contribution in [1.82, 2.24) is 14.7 Å². The zero-order valence-electron chi connectivity index (χ0n) is 22.3. The summed E-state index contributed by atoms with van der Waals surface area (Å²) < 4.78 is 12.6. The van der Waals surface area contributed by atoms with Gasteiger partial charge in [0.15, 0.2) is 0 Å². The van der Waals surface area contributed by atoms with E-state index in [9.17, 15) is 9.59 Å². The van der Waals surface area contributed by atoms with Gasteiger partial charge in [0, 0.05) is 12.7 Å². The summed E-state index contributed by atoms with van der Waals surface area (Å²) in [7, 11) is 1.62. The first kappa shape index (κ1) is 25.0. The normalized spacial score (nSPS) is 26.3. The molecule has 4 saturated carbocycles. The van der Waals surface area contributed by atoms with Crippen molar-refractivity contribution >= 4 is 17.5 Å². The van der Waals surface area contributed by atoms with E-state index >= 15 is 0 Å². The molecular weight excluding hydrogens is 478 g/mol. The van der Waals surface area contributed by atoms with Crippen molar-refractivity contribution in [1.29, 1.82) is 0 Å². The fourth-order valence-electron chi connectivity index (χ4n) is 7.83. The summed E-state index contributed by atoms with van der Waals surface area (Å²) >= 11 is 0. The smallest absolute Gasteiger partial charge is 0.315 e. The molecule has 4 aliphatic rings. The first-order chi connectivity index (χ1) is 18.4. The van der Waals surface area contributed by atoms with Gasteiger partial charge in [0.2, 0.25) is 0 Å². The lowest BCUT2D eigenvalue weighted by molar-refractivity contribution is -0.145. The van der Waals surface area contributed by atoms with Crippen molar-refractivity contribution in [2.75, 3.05) is 20.3 Å². The Morgan fingerprint density at radius 3 is 2.47 bits per heavy atom. The van der Waals surface area contributed by atoms with E-state index in [0.717, 1.165) is 35.6 Å². The predicted octanol–water partition coefficient (Wildman–Crippen LogP) is 5.18. The Morgan fingerprint density at radius 2 is 1.79 bits per heavy atom. The molecule has 0 aliphatic heterocycles. The zero-order valence-corrected chi connectivity index (χ0v) is 22.3. The molecule has 4 aliphatic carbocycles. The predicted molar refractivity (Wildman–Crippen MR) is 144 cm³/mol. The minimum atomic E-state index is -0.593. The van der Waals surface area contributed by atoms with Crippen LogP contribution in [0, 0.1) is 23.2 Å². The average molecular weight is 516 g/mol. The number of hydrogen-bond donors (Lipinski definition) is 1. The van der Waals surface area contributed by atoms with Crippen LogP contribution in [0.3, 0.4) is 0 Å². The summed E-state index contributed by atoms with van der Waals surface area (Å²) in [5, 5.41) is 3.29. The van der Waals surface area contributed by atoms with Gasteiger partial charge in [-0.3, -0.25) is 14.0 Å². The molecule has 7 heteroatoms. The highest BCUT2D eigenvalue weighted by molar-refractivity contribution is 5.93. The van der Waals surface area contributed by atoms with Crippen LogP contribution in [-0.2, 0) is 16.0 Å². The lowest BCUT2D eigenvalue weighted by atomic mass is 9.49. The van der Waals surface area contributed by atoms with Gasteiger partial charge in [-0.1, -0.05) is 18.2 Å². The van der Waals surface area contributed by atoms with E-state index in [1.54, 1.807) is 14.0 Å². The molecule has 3 aromatic rings. The average Bonchev–Trinajstić information content (AvgIpc) is 3.34. The molecule has 1 N–H and O–H groups in total. The number of aromatic nitrogens is 2. The van der Waals surface area contributed by atoms with Crippen LogP contribution >= 0.6 is 0 Å². The van der Waals surface area contributed by atoms with Gasteiger partial charge in [-0.25, -0.2) is 4.98 Å². The number of ether oxygens (including phenoxy) is 2. The molecule has 4 bridgehead atoms. The van der Waals surface area contributed by atoms with Crippen LogP contribution in [0.25, 0.3) is 5.65 Å². The Kier molecular flexibility index (Phi) is 6.62. The first-order valence-corrected chi connectivity index (χ1v) is 14.0. The second kappa shape index (κ2) is 10.1. The number of nitrogens with one attached hydrogen (secondary N) is 1. The largest absolute Gasteiger partial charge is 0.497 e. The molecule has 0 spiro atoms. The zero-order chi connectivity index (χ0) is 26.3. The van der Waals surface area contributed by atoms with Crippen LogP contribution in [0.15, 0.2) is 48.7 Å². The van der Waals surface area contributed by atoms with Crippen LogP contribution in [0.4, 0.5) is 0 Å². The number of nitrogens with zero attached hydrogens (tertiary/aromatic N) is 2. The maximum Gasteiger partial charge on any atom is 0.315 e. The SMILES string of the molecule is CCOC(=O)C(Cc1cccc(OC)c1)c1cn2c(C(=O)NCC34CC5CC(CC(C5)C3)C4)cccc2n1. The molecule has 1 amide bonds. The van der Waals surface area contributed by atoms with Gasteiger partial charge < -0.3 is 14.8 Å². The number of imidazole rings is 1. The summed E-state index contributed by atoms with van der Waals surface area (Å²) in [6.07, 6.45) is 10.2. The van der Waals surface area contributed by atoms with Crippen LogP contribution in [-0.4, -0.2) is 41.5 Å². The van der Waals surface area contributed by atoms with Gasteiger partial charge in [0.1, 0.15) is 23.0 Å². The molecule has 0 radical (unpaired) electrons. The second-order valence-electron chi connectivity index (χ2n) is 11.8. The lowest BCUT2D eigenvalue weighted by Crippen LogP contribution is -2.51. The van der Waals surface area contributed by atoms with Crippen molar-refractivity contribution in [2.24, 2.45) is 23.2 Å². The number of rotatable bonds is 9. The third kappa shape index (κ3) is 4.79. The van der Waals surface area contributed by atoms with Gasteiger partial charge in [0.05, 0.1) is 19.4 Å². The minimum Gasteiger partial charge on any atom is -0.497 e. The van der Waals surface area contributed by atoms with E-state index in [0.29, 0.717) is 30.1 Å². The first-order valence-electron chi connectivity index (χ1n) is 14.0. The molecule has 2 heterocycles. The van der Waals surface area contributed by atoms with Crippen molar-refractivity contribution in [2.45, 2.75) is 57.8 Å². The molecule has 4 fully saturated rings. The Morgan fingerprint density at radius 1 is 1.08 bits per heavy atom. The molecule has 0 saturated heterocycles. The molecule has 7 rings (SSSR count). The molecule has 1 unspecified atom stereocenters. The van der Waals surface area contributed by atoms with Crippen molar-refractivity contribution in [3.63, 3.8) is 0 Å². The lowest BCUT2D eigenvalue weighted by Gasteiger charge is -2.56. The molecular formula is C31H37N3O4. The van der Waals surface area contributed by atoms with Crippen LogP contribution < -0.4 is 10.1 Å². The van der Waals surface area contributed by atoms with Crippen molar-refractivity contribution in [3.05, 3.63) is 65.6 Å². The molecule has 200 valence electrons. The van der Waals surface area contributed by atoms with E-state index in [1.807, 2.05) is 53.1 Å². The minimum absolute atomic E-state index is 0.0872. The highest BCUT2D eigenvalue weighted by Crippen LogP contribution is 2.59. The third-order valence-corrected chi connectivity index (χ3v) is 9.03. The molecule has 2 aromatic heterocycles. The summed E-state index contributed by atoms with van der Waals surface area (Å²) in [5.74, 6) is 2.27. The van der Waals surface area contributed by atoms with Gasteiger partial charge in [-0.15, -0.1) is 0 Å².